The number of aryl methyl sites for hydroxylation is 1. The van der Waals surface area contributed by atoms with Crippen molar-refractivity contribution in [1.29, 1.82) is 0 Å². The van der Waals surface area contributed by atoms with Crippen LogP contribution in [0.1, 0.15) is 30.0 Å². The number of likely N-dealkylation sites (N-methyl/N-ethyl adjacent to an activating group) is 2. The summed E-state index contributed by atoms with van der Waals surface area (Å²) in [5, 5.41) is 0. The normalized spacial score (nSPS) is 17.7. The first-order valence-electron chi connectivity index (χ1n) is 8.79. The molecule has 1 aliphatic rings. The second-order valence-electron chi connectivity index (χ2n) is 6.73. The Labute approximate surface area is 151 Å². The smallest absolute Gasteiger partial charge is 0.242 e. The van der Waals surface area contributed by atoms with Crippen molar-refractivity contribution in [3.63, 3.8) is 0 Å². The number of hydrogen-bond acceptors (Lipinski definition) is 3. The van der Waals surface area contributed by atoms with Crippen molar-refractivity contribution in [3.05, 3.63) is 65.7 Å². The second kappa shape index (κ2) is 7.68. The average molecular weight is 359 g/mol. The van der Waals surface area contributed by atoms with E-state index < -0.39 is 10.0 Å². The summed E-state index contributed by atoms with van der Waals surface area (Å²) >= 11 is 0. The minimum absolute atomic E-state index is 0.350. The summed E-state index contributed by atoms with van der Waals surface area (Å²) in [6, 6.07) is 17.6. The van der Waals surface area contributed by atoms with Gasteiger partial charge in [-0.3, -0.25) is 4.90 Å². The number of benzene rings is 2. The maximum atomic E-state index is 12.6. The van der Waals surface area contributed by atoms with Gasteiger partial charge >= 0.3 is 0 Å². The van der Waals surface area contributed by atoms with Gasteiger partial charge in [0.2, 0.25) is 10.0 Å². The highest BCUT2D eigenvalue weighted by atomic mass is 32.2. The van der Waals surface area contributed by atoms with Gasteiger partial charge in [0.05, 0.1) is 4.90 Å². The Bertz CT molecular complexity index is 805. The first-order chi connectivity index (χ1) is 12.0. The van der Waals surface area contributed by atoms with Gasteiger partial charge in [0, 0.05) is 26.2 Å². The fourth-order valence-electron chi connectivity index (χ4n) is 3.53. The van der Waals surface area contributed by atoms with Crippen LogP contribution in [0.4, 0.5) is 0 Å². The second-order valence-corrected chi connectivity index (χ2v) is 8.77. The van der Waals surface area contributed by atoms with E-state index in [1.807, 2.05) is 6.07 Å². The summed E-state index contributed by atoms with van der Waals surface area (Å²) in [7, 11) is 0.332. The van der Waals surface area contributed by atoms with Gasteiger partial charge in [-0.05, 0) is 49.6 Å². The lowest BCUT2D eigenvalue weighted by Gasteiger charge is -2.34. The SMILES string of the molecule is CN(CCN(C)S(=O)(=O)c1ccccc1)[C@H]1CCCc2ccccc21. The lowest BCUT2D eigenvalue weighted by atomic mass is 9.87. The molecule has 0 aromatic heterocycles. The van der Waals surface area contributed by atoms with E-state index >= 15 is 0 Å². The molecule has 4 nitrogen and oxygen atoms in total. The monoisotopic (exact) mass is 358 g/mol. The molecule has 2 aromatic rings. The van der Waals surface area contributed by atoms with Crippen molar-refractivity contribution in [2.75, 3.05) is 27.2 Å². The number of hydrogen-bond donors (Lipinski definition) is 0. The first kappa shape index (κ1) is 18.1. The van der Waals surface area contributed by atoms with Crippen LogP contribution in [-0.4, -0.2) is 44.8 Å². The van der Waals surface area contributed by atoms with Gasteiger partial charge in [-0.15, -0.1) is 0 Å². The van der Waals surface area contributed by atoms with Gasteiger partial charge in [-0.1, -0.05) is 42.5 Å². The summed E-state index contributed by atoms with van der Waals surface area (Å²) in [5.74, 6) is 0. The van der Waals surface area contributed by atoms with Crippen LogP contribution in [0.3, 0.4) is 0 Å². The number of nitrogens with zero attached hydrogens (tertiary/aromatic N) is 2. The third-order valence-corrected chi connectivity index (χ3v) is 6.96. The van der Waals surface area contributed by atoms with Crippen molar-refractivity contribution >= 4 is 10.0 Å². The molecule has 1 atom stereocenters. The summed E-state index contributed by atoms with van der Waals surface area (Å²) in [6.07, 6.45) is 3.45. The van der Waals surface area contributed by atoms with Gasteiger partial charge in [-0.2, -0.15) is 4.31 Å². The number of rotatable bonds is 6. The van der Waals surface area contributed by atoms with Crippen LogP contribution < -0.4 is 0 Å². The van der Waals surface area contributed by atoms with Crippen molar-refractivity contribution < 1.29 is 8.42 Å². The van der Waals surface area contributed by atoms with Crippen LogP contribution in [0.2, 0.25) is 0 Å². The van der Waals surface area contributed by atoms with E-state index in [0.29, 0.717) is 24.0 Å². The van der Waals surface area contributed by atoms with Gasteiger partial charge in [-0.25, -0.2) is 8.42 Å². The quantitative estimate of drug-likeness (QED) is 0.795. The lowest BCUT2D eigenvalue weighted by molar-refractivity contribution is 0.211. The predicted molar refractivity (Wildman–Crippen MR) is 101 cm³/mol. The van der Waals surface area contributed by atoms with Crippen LogP contribution in [0.5, 0.6) is 0 Å². The Balaban J connectivity index is 1.66. The third-order valence-electron chi connectivity index (χ3n) is 5.09. The molecular weight excluding hydrogens is 332 g/mol. The molecule has 0 spiro atoms. The molecule has 0 unspecified atom stereocenters. The van der Waals surface area contributed by atoms with E-state index in [1.54, 1.807) is 31.3 Å². The predicted octanol–water partition coefficient (Wildman–Crippen LogP) is 3.32. The van der Waals surface area contributed by atoms with E-state index in [2.05, 4.69) is 36.2 Å². The van der Waals surface area contributed by atoms with Crippen LogP contribution >= 0.6 is 0 Å². The van der Waals surface area contributed by atoms with E-state index in [1.165, 1.54) is 21.9 Å². The Kier molecular flexibility index (Phi) is 5.57. The van der Waals surface area contributed by atoms with Gasteiger partial charge in [0.1, 0.15) is 0 Å². The fourth-order valence-corrected chi connectivity index (χ4v) is 4.72. The van der Waals surface area contributed by atoms with E-state index in [-0.39, 0.29) is 0 Å². The summed E-state index contributed by atoms with van der Waals surface area (Å²) in [4.78, 5) is 2.64. The Morgan fingerprint density at radius 1 is 0.960 bits per heavy atom. The van der Waals surface area contributed by atoms with Crippen LogP contribution in [0, 0.1) is 0 Å². The first-order valence-corrected chi connectivity index (χ1v) is 10.2. The standard InChI is InChI=1S/C20H26N2O2S/c1-21(20-14-8-10-17-9-6-7-13-19(17)20)15-16-22(2)25(23,24)18-11-4-3-5-12-18/h3-7,9,11-13,20H,8,10,14-16H2,1-2H3/t20-/m0/s1. The summed E-state index contributed by atoms with van der Waals surface area (Å²) < 4.78 is 26.7. The van der Waals surface area contributed by atoms with Crippen molar-refractivity contribution in [2.24, 2.45) is 0 Å². The molecule has 5 heteroatoms. The molecule has 0 saturated heterocycles. The zero-order chi connectivity index (χ0) is 17.9. The van der Waals surface area contributed by atoms with Crippen molar-refractivity contribution in [3.8, 4) is 0 Å². The minimum Gasteiger partial charge on any atom is -0.298 e. The molecule has 0 amide bonds. The van der Waals surface area contributed by atoms with Gasteiger partial charge in [0.25, 0.3) is 0 Å². The van der Waals surface area contributed by atoms with E-state index in [9.17, 15) is 8.42 Å². The molecule has 0 saturated carbocycles. The largest absolute Gasteiger partial charge is 0.298 e. The molecule has 3 rings (SSSR count). The number of fused-ring (bicyclic) bond motifs is 1. The van der Waals surface area contributed by atoms with Crippen molar-refractivity contribution in [2.45, 2.75) is 30.2 Å². The number of sulfonamides is 1. The fraction of sp³-hybridized carbons (Fsp3) is 0.400. The molecule has 0 fully saturated rings. The molecule has 25 heavy (non-hydrogen) atoms. The van der Waals surface area contributed by atoms with Gasteiger partial charge < -0.3 is 0 Å². The zero-order valence-electron chi connectivity index (χ0n) is 14.9. The van der Waals surface area contributed by atoms with Crippen LogP contribution in [0.15, 0.2) is 59.5 Å². The Morgan fingerprint density at radius 2 is 1.64 bits per heavy atom. The lowest BCUT2D eigenvalue weighted by Crippen LogP contribution is -2.37. The van der Waals surface area contributed by atoms with E-state index in [4.69, 9.17) is 0 Å². The topological polar surface area (TPSA) is 40.6 Å². The maximum Gasteiger partial charge on any atom is 0.242 e. The molecule has 1 aliphatic carbocycles. The summed E-state index contributed by atoms with van der Waals surface area (Å²) in [5.41, 5.74) is 2.82. The highest BCUT2D eigenvalue weighted by Gasteiger charge is 2.25. The van der Waals surface area contributed by atoms with Crippen LogP contribution in [-0.2, 0) is 16.4 Å². The highest BCUT2D eigenvalue weighted by molar-refractivity contribution is 7.89. The molecule has 2 aromatic carbocycles. The third kappa shape index (κ3) is 3.94. The minimum atomic E-state index is -3.42. The molecule has 0 bridgehead atoms. The molecular formula is C20H26N2O2S. The van der Waals surface area contributed by atoms with Crippen molar-refractivity contribution in [1.82, 2.24) is 9.21 Å². The molecule has 0 N–H and O–H groups in total. The Morgan fingerprint density at radius 3 is 2.40 bits per heavy atom. The van der Waals surface area contributed by atoms with Crippen LogP contribution in [0.25, 0.3) is 0 Å². The molecule has 0 aliphatic heterocycles. The average Bonchev–Trinajstić information content (AvgIpc) is 2.66. The molecule has 0 heterocycles. The van der Waals surface area contributed by atoms with E-state index in [0.717, 1.165) is 12.8 Å². The summed E-state index contributed by atoms with van der Waals surface area (Å²) in [6.45, 7) is 1.19. The van der Waals surface area contributed by atoms with Gasteiger partial charge in [0.15, 0.2) is 0 Å². The maximum absolute atomic E-state index is 12.6. The highest BCUT2D eigenvalue weighted by Crippen LogP contribution is 2.33. The Hall–Kier alpha value is -1.69. The zero-order valence-corrected chi connectivity index (χ0v) is 15.7. The molecule has 134 valence electrons. The molecule has 0 radical (unpaired) electrons.